The summed E-state index contributed by atoms with van der Waals surface area (Å²) in [6, 6.07) is 0. The Bertz CT molecular complexity index is 904. The summed E-state index contributed by atoms with van der Waals surface area (Å²) in [5.41, 5.74) is 7.73. The molecule has 3 heterocycles. The molecule has 1 aliphatic heterocycles. The number of nitrogens with one attached hydrogen (secondary N) is 1. The first kappa shape index (κ1) is 17.9. The molecule has 0 aliphatic carbocycles. The van der Waals surface area contributed by atoms with Crippen molar-refractivity contribution in [3.8, 4) is 0 Å². The number of hydrogen-bond donors (Lipinski definition) is 4. The number of rotatable bonds is 5. The Hall–Kier alpha value is -1.95. The minimum atomic E-state index is -0.715. The minimum Gasteiger partial charge on any atom is -0.353 e. The molecule has 1 fully saturated rings. The summed E-state index contributed by atoms with van der Waals surface area (Å²) in [7, 11) is 0. The number of hydrazine groups is 1. The van der Waals surface area contributed by atoms with E-state index >= 15 is 0 Å². The topological polar surface area (TPSA) is 156 Å². The van der Waals surface area contributed by atoms with E-state index in [1.807, 2.05) is 6.92 Å². The molecule has 1 saturated heterocycles. The number of ether oxygens (including phenoxy) is 1. The highest BCUT2D eigenvalue weighted by Crippen LogP contribution is 2.40. The number of thiazole rings is 1. The van der Waals surface area contributed by atoms with E-state index in [2.05, 4.69) is 17.3 Å². The average molecular weight is 369 g/mol. The van der Waals surface area contributed by atoms with E-state index in [0.29, 0.717) is 12.8 Å². The Balaban J connectivity index is 2.21. The molecule has 2 aromatic heterocycles. The number of nitrogens with two attached hydrogens (primary N) is 3. The summed E-state index contributed by atoms with van der Waals surface area (Å²) in [4.78, 5) is 28.9. The van der Waals surface area contributed by atoms with Crippen LogP contribution in [0.25, 0.3) is 10.3 Å². The highest BCUT2D eigenvalue weighted by Gasteiger charge is 2.46. The van der Waals surface area contributed by atoms with Crippen molar-refractivity contribution >= 4 is 27.6 Å². The Labute approximate surface area is 147 Å². The summed E-state index contributed by atoms with van der Waals surface area (Å²) < 4.78 is 8.38. The molecular formula is C14H23N7O3S. The van der Waals surface area contributed by atoms with Crippen LogP contribution in [0.4, 0.5) is 5.95 Å². The summed E-state index contributed by atoms with van der Waals surface area (Å²) in [5.74, 6) is 11.0. The van der Waals surface area contributed by atoms with Gasteiger partial charge < -0.3 is 16.3 Å². The van der Waals surface area contributed by atoms with Crippen LogP contribution in [0, 0.1) is 0 Å². The lowest BCUT2D eigenvalue weighted by Crippen LogP contribution is -2.46. The second kappa shape index (κ2) is 6.41. The largest absolute Gasteiger partial charge is 0.353 e. The number of fused-ring (bicyclic) bond motifs is 1. The Morgan fingerprint density at radius 3 is 2.76 bits per heavy atom. The Morgan fingerprint density at radius 1 is 1.44 bits per heavy atom. The second-order valence-corrected chi connectivity index (χ2v) is 7.30. The molecule has 0 bridgehead atoms. The fourth-order valence-corrected chi connectivity index (χ4v) is 4.19. The predicted octanol–water partition coefficient (Wildman–Crippen LogP) is -0.186. The van der Waals surface area contributed by atoms with Crippen molar-refractivity contribution in [2.75, 3.05) is 11.3 Å². The van der Waals surface area contributed by atoms with Gasteiger partial charge in [0.25, 0.3) is 5.56 Å². The van der Waals surface area contributed by atoms with E-state index in [9.17, 15) is 9.59 Å². The third kappa shape index (κ3) is 2.72. The molecule has 1 unspecified atom stereocenters. The van der Waals surface area contributed by atoms with Crippen molar-refractivity contribution in [3.05, 3.63) is 20.0 Å². The molecule has 0 saturated carbocycles. The third-order valence-electron chi connectivity index (χ3n) is 4.72. The zero-order valence-electron chi connectivity index (χ0n) is 14.2. The van der Waals surface area contributed by atoms with Crippen LogP contribution in [-0.2, 0) is 4.74 Å². The standard InChI is InChI=1S/C14H23N7O3S/c1-3-5-7-6-14(15,4-2)11(24-7)20-9-8(25-13(20)23)10(22)21(17)12(18-9)19-16/h7,11H,3-6,15-17H2,1-2H3,(H,18,19)/t7?,11-,14+/m1/s1. The fourth-order valence-electron chi connectivity index (χ4n) is 3.31. The van der Waals surface area contributed by atoms with Crippen molar-refractivity contribution in [2.24, 2.45) is 11.6 Å². The predicted molar refractivity (Wildman–Crippen MR) is 96.7 cm³/mol. The summed E-state index contributed by atoms with van der Waals surface area (Å²) in [5, 5.41) is 0. The first-order valence-corrected chi connectivity index (χ1v) is 9.02. The molecule has 0 radical (unpaired) electrons. The molecule has 2 aromatic rings. The van der Waals surface area contributed by atoms with Crippen LogP contribution in [-0.4, -0.2) is 25.9 Å². The molecule has 138 valence electrons. The van der Waals surface area contributed by atoms with Gasteiger partial charge in [0, 0.05) is 0 Å². The maximum Gasteiger partial charge on any atom is 0.311 e. The van der Waals surface area contributed by atoms with Crippen LogP contribution >= 0.6 is 11.3 Å². The van der Waals surface area contributed by atoms with Gasteiger partial charge >= 0.3 is 4.87 Å². The quantitative estimate of drug-likeness (QED) is 0.417. The highest BCUT2D eigenvalue weighted by molar-refractivity contribution is 7.16. The zero-order valence-corrected chi connectivity index (χ0v) is 15.0. The van der Waals surface area contributed by atoms with Gasteiger partial charge in [-0.05, 0) is 19.3 Å². The zero-order chi connectivity index (χ0) is 18.4. The molecule has 3 rings (SSSR count). The average Bonchev–Trinajstić information content (AvgIpc) is 3.08. The van der Waals surface area contributed by atoms with Crippen LogP contribution in [0.5, 0.6) is 0 Å². The van der Waals surface area contributed by atoms with E-state index < -0.39 is 17.3 Å². The van der Waals surface area contributed by atoms with E-state index in [1.165, 1.54) is 4.57 Å². The van der Waals surface area contributed by atoms with Gasteiger partial charge in [-0.2, -0.15) is 9.66 Å². The lowest BCUT2D eigenvalue weighted by molar-refractivity contribution is -0.0210. The Morgan fingerprint density at radius 2 is 2.16 bits per heavy atom. The first-order chi connectivity index (χ1) is 11.9. The number of anilines is 1. The fraction of sp³-hybridized carbons (Fsp3) is 0.643. The highest BCUT2D eigenvalue weighted by atomic mass is 32.1. The van der Waals surface area contributed by atoms with Crippen molar-refractivity contribution in [1.29, 1.82) is 0 Å². The maximum atomic E-state index is 12.6. The summed E-state index contributed by atoms with van der Waals surface area (Å²) in [6.07, 6.45) is 2.34. The maximum absolute atomic E-state index is 12.6. The summed E-state index contributed by atoms with van der Waals surface area (Å²) >= 11 is 0.779. The number of aromatic nitrogens is 3. The molecule has 11 heteroatoms. The number of nitrogen functional groups attached to an aromatic ring is 2. The van der Waals surface area contributed by atoms with Crippen LogP contribution in [0.3, 0.4) is 0 Å². The summed E-state index contributed by atoms with van der Waals surface area (Å²) in [6.45, 7) is 4.02. The first-order valence-electron chi connectivity index (χ1n) is 8.20. The van der Waals surface area contributed by atoms with Gasteiger partial charge in [0.1, 0.15) is 4.70 Å². The van der Waals surface area contributed by atoms with Crippen molar-refractivity contribution in [1.82, 2.24) is 14.2 Å². The van der Waals surface area contributed by atoms with Gasteiger partial charge in [0.05, 0.1) is 11.6 Å². The molecular weight excluding hydrogens is 346 g/mol. The van der Waals surface area contributed by atoms with E-state index in [-0.39, 0.29) is 27.3 Å². The van der Waals surface area contributed by atoms with Crippen molar-refractivity contribution in [3.63, 3.8) is 0 Å². The molecule has 25 heavy (non-hydrogen) atoms. The van der Waals surface area contributed by atoms with Crippen LogP contribution in [0.2, 0.25) is 0 Å². The molecule has 0 spiro atoms. The van der Waals surface area contributed by atoms with Crippen molar-refractivity contribution in [2.45, 2.75) is 57.4 Å². The molecule has 0 amide bonds. The van der Waals surface area contributed by atoms with Crippen LogP contribution in [0.15, 0.2) is 9.59 Å². The normalized spacial score (nSPS) is 26.4. The van der Waals surface area contributed by atoms with Gasteiger partial charge in [-0.25, -0.2) is 5.84 Å². The molecule has 0 aromatic carbocycles. The number of nitrogens with zero attached hydrogens (tertiary/aromatic N) is 3. The second-order valence-electron chi connectivity index (χ2n) is 6.34. The molecule has 1 aliphatic rings. The monoisotopic (exact) mass is 369 g/mol. The lowest BCUT2D eigenvalue weighted by Gasteiger charge is -2.28. The van der Waals surface area contributed by atoms with Crippen LogP contribution in [0.1, 0.15) is 45.8 Å². The smallest absolute Gasteiger partial charge is 0.311 e. The van der Waals surface area contributed by atoms with Gasteiger partial charge in [-0.1, -0.05) is 31.6 Å². The molecule has 7 N–H and O–H groups in total. The van der Waals surface area contributed by atoms with Crippen LogP contribution < -0.4 is 33.3 Å². The molecule has 3 atom stereocenters. The molecule has 10 nitrogen and oxygen atoms in total. The number of hydrogen-bond acceptors (Lipinski definition) is 9. The Kier molecular flexibility index (Phi) is 4.58. The minimum absolute atomic E-state index is 0.0382. The van der Waals surface area contributed by atoms with Gasteiger partial charge in [-0.15, -0.1) is 0 Å². The van der Waals surface area contributed by atoms with Gasteiger partial charge in [-0.3, -0.25) is 19.6 Å². The van der Waals surface area contributed by atoms with E-state index in [0.717, 1.165) is 28.9 Å². The SMILES string of the molecule is CCCC1C[C@@](N)(CC)[C@H](n2c(=O)sc3c(=O)n(N)c(NN)nc32)O1. The van der Waals surface area contributed by atoms with Gasteiger partial charge in [0.15, 0.2) is 11.9 Å². The third-order valence-corrected chi connectivity index (χ3v) is 5.66. The van der Waals surface area contributed by atoms with Crippen molar-refractivity contribution < 1.29 is 4.74 Å². The lowest BCUT2D eigenvalue weighted by atomic mass is 9.90. The van der Waals surface area contributed by atoms with Gasteiger partial charge in [0.2, 0.25) is 5.95 Å². The van der Waals surface area contributed by atoms with E-state index in [4.69, 9.17) is 22.2 Å². The van der Waals surface area contributed by atoms with E-state index in [1.54, 1.807) is 0 Å².